The van der Waals surface area contributed by atoms with Crippen molar-refractivity contribution in [1.82, 2.24) is 10.7 Å². The monoisotopic (exact) mass is 401 g/mol. The van der Waals surface area contributed by atoms with Crippen LogP contribution in [0, 0.1) is 0 Å². The minimum Gasteiger partial charge on any atom is -0.493 e. The average molecular weight is 401 g/mol. The molecule has 0 aromatic heterocycles. The standard InChI is InChI=1S/C24H23N3O3/c1-2-30-21-16-10-9-15-20(21)24(29)25-17-22(28)26-27-23(18-11-5-3-6-12-18)19-13-7-4-8-14-19/h3-16H,2,17H2,1H3,(H,25,29)(H,26,28). The molecule has 3 aromatic carbocycles. The van der Waals surface area contributed by atoms with Gasteiger partial charge in [0.15, 0.2) is 0 Å². The Balaban J connectivity index is 1.67. The van der Waals surface area contributed by atoms with Crippen molar-refractivity contribution in [2.75, 3.05) is 13.2 Å². The van der Waals surface area contributed by atoms with Gasteiger partial charge in [-0.1, -0.05) is 72.8 Å². The molecule has 0 saturated carbocycles. The van der Waals surface area contributed by atoms with E-state index in [0.29, 0.717) is 23.6 Å². The van der Waals surface area contributed by atoms with Gasteiger partial charge in [0.1, 0.15) is 5.75 Å². The summed E-state index contributed by atoms with van der Waals surface area (Å²) in [6.07, 6.45) is 0. The molecule has 0 atom stereocenters. The zero-order chi connectivity index (χ0) is 21.2. The van der Waals surface area contributed by atoms with E-state index in [2.05, 4.69) is 15.8 Å². The quantitative estimate of drug-likeness (QED) is 0.449. The number of amides is 2. The molecule has 0 saturated heterocycles. The van der Waals surface area contributed by atoms with Gasteiger partial charge < -0.3 is 10.1 Å². The average Bonchev–Trinajstić information content (AvgIpc) is 2.79. The molecule has 6 heteroatoms. The van der Waals surface area contributed by atoms with Gasteiger partial charge in [-0.15, -0.1) is 0 Å². The lowest BCUT2D eigenvalue weighted by Gasteiger charge is -2.10. The van der Waals surface area contributed by atoms with E-state index >= 15 is 0 Å². The fourth-order valence-electron chi connectivity index (χ4n) is 2.84. The van der Waals surface area contributed by atoms with Crippen LogP contribution < -0.4 is 15.5 Å². The predicted octanol–water partition coefficient (Wildman–Crippen LogP) is 3.38. The number of para-hydroxylation sites is 1. The Morgan fingerprint density at radius 2 is 1.40 bits per heavy atom. The topological polar surface area (TPSA) is 79.8 Å². The molecule has 2 amide bonds. The summed E-state index contributed by atoms with van der Waals surface area (Å²) in [5, 5.41) is 6.90. The molecule has 0 heterocycles. The van der Waals surface area contributed by atoms with Crippen molar-refractivity contribution in [2.45, 2.75) is 6.92 Å². The maximum Gasteiger partial charge on any atom is 0.259 e. The number of hydrogen-bond donors (Lipinski definition) is 2. The molecular weight excluding hydrogens is 378 g/mol. The lowest BCUT2D eigenvalue weighted by Crippen LogP contribution is -2.35. The van der Waals surface area contributed by atoms with Crippen molar-refractivity contribution in [3.63, 3.8) is 0 Å². The molecule has 0 aliphatic carbocycles. The molecule has 0 aliphatic heterocycles. The van der Waals surface area contributed by atoms with Crippen LogP contribution in [0.5, 0.6) is 5.75 Å². The van der Waals surface area contributed by atoms with Crippen molar-refractivity contribution in [2.24, 2.45) is 5.10 Å². The van der Waals surface area contributed by atoms with E-state index < -0.39 is 5.91 Å². The highest BCUT2D eigenvalue weighted by Gasteiger charge is 2.13. The Bertz CT molecular complexity index is 977. The van der Waals surface area contributed by atoms with E-state index in [0.717, 1.165) is 11.1 Å². The van der Waals surface area contributed by atoms with E-state index in [1.807, 2.05) is 67.6 Å². The summed E-state index contributed by atoms with van der Waals surface area (Å²) in [7, 11) is 0. The number of rotatable bonds is 8. The van der Waals surface area contributed by atoms with Gasteiger partial charge in [0, 0.05) is 11.1 Å². The second-order valence-electron chi connectivity index (χ2n) is 6.34. The Hall–Kier alpha value is -3.93. The minimum atomic E-state index is -0.429. The van der Waals surface area contributed by atoms with Gasteiger partial charge in [-0.3, -0.25) is 9.59 Å². The van der Waals surface area contributed by atoms with Crippen molar-refractivity contribution >= 4 is 17.5 Å². The Labute approximate surface area is 175 Å². The third-order valence-electron chi connectivity index (χ3n) is 4.23. The minimum absolute atomic E-state index is 0.209. The molecule has 2 N–H and O–H groups in total. The molecule has 30 heavy (non-hydrogen) atoms. The first kappa shape index (κ1) is 20.8. The van der Waals surface area contributed by atoms with Gasteiger partial charge in [-0.05, 0) is 19.1 Å². The lowest BCUT2D eigenvalue weighted by molar-refractivity contribution is -0.120. The number of carbonyl (C=O) groups excluding carboxylic acids is 2. The highest BCUT2D eigenvalue weighted by atomic mass is 16.5. The Kier molecular flexibility index (Phi) is 7.33. The number of nitrogens with zero attached hydrogens (tertiary/aromatic N) is 1. The molecule has 0 spiro atoms. The molecule has 0 radical (unpaired) electrons. The van der Waals surface area contributed by atoms with Crippen molar-refractivity contribution in [1.29, 1.82) is 0 Å². The third kappa shape index (κ3) is 5.54. The number of nitrogens with one attached hydrogen (secondary N) is 2. The van der Waals surface area contributed by atoms with E-state index in [1.165, 1.54) is 0 Å². The lowest BCUT2D eigenvalue weighted by atomic mass is 10.0. The maximum absolute atomic E-state index is 12.4. The van der Waals surface area contributed by atoms with E-state index in [4.69, 9.17) is 4.74 Å². The molecule has 3 aromatic rings. The number of carbonyl (C=O) groups is 2. The summed E-state index contributed by atoms with van der Waals surface area (Å²) in [4.78, 5) is 24.7. The van der Waals surface area contributed by atoms with Gasteiger partial charge in [-0.25, -0.2) is 5.43 Å². The number of hydrogen-bond acceptors (Lipinski definition) is 4. The van der Waals surface area contributed by atoms with Gasteiger partial charge in [0.2, 0.25) is 0 Å². The van der Waals surface area contributed by atoms with Crippen LogP contribution in [0.15, 0.2) is 90.0 Å². The molecule has 152 valence electrons. The van der Waals surface area contributed by atoms with Gasteiger partial charge in [-0.2, -0.15) is 5.10 Å². The zero-order valence-electron chi connectivity index (χ0n) is 16.7. The fourth-order valence-corrected chi connectivity index (χ4v) is 2.84. The summed E-state index contributed by atoms with van der Waals surface area (Å²) >= 11 is 0. The van der Waals surface area contributed by atoms with E-state index in [1.54, 1.807) is 24.3 Å². The largest absolute Gasteiger partial charge is 0.493 e. The molecule has 0 aliphatic rings. The van der Waals surface area contributed by atoms with Gasteiger partial charge in [0.05, 0.1) is 24.4 Å². The summed E-state index contributed by atoms with van der Waals surface area (Å²) in [6, 6.07) is 26.1. The summed E-state index contributed by atoms with van der Waals surface area (Å²) in [5.41, 5.74) is 5.29. The van der Waals surface area contributed by atoms with Crippen LogP contribution in [-0.4, -0.2) is 30.7 Å². The number of benzene rings is 3. The fraction of sp³-hybridized carbons (Fsp3) is 0.125. The summed E-state index contributed by atoms with van der Waals surface area (Å²) < 4.78 is 5.46. The van der Waals surface area contributed by atoms with Crippen LogP contribution in [0.25, 0.3) is 0 Å². The van der Waals surface area contributed by atoms with Crippen molar-refractivity contribution in [3.8, 4) is 5.75 Å². The second kappa shape index (κ2) is 10.6. The predicted molar refractivity (Wildman–Crippen MR) is 117 cm³/mol. The zero-order valence-corrected chi connectivity index (χ0v) is 16.7. The second-order valence-corrected chi connectivity index (χ2v) is 6.34. The maximum atomic E-state index is 12.4. The Morgan fingerprint density at radius 3 is 2.00 bits per heavy atom. The first-order chi connectivity index (χ1) is 14.7. The molecule has 3 rings (SSSR count). The van der Waals surface area contributed by atoms with Crippen LogP contribution in [0.2, 0.25) is 0 Å². The molecular formula is C24H23N3O3. The van der Waals surface area contributed by atoms with E-state index in [-0.39, 0.29) is 12.5 Å². The van der Waals surface area contributed by atoms with E-state index in [9.17, 15) is 9.59 Å². The van der Waals surface area contributed by atoms with Crippen LogP contribution in [0.4, 0.5) is 0 Å². The molecule has 0 unspecified atom stereocenters. The van der Waals surface area contributed by atoms with Crippen LogP contribution in [0.1, 0.15) is 28.4 Å². The van der Waals surface area contributed by atoms with Crippen LogP contribution in [-0.2, 0) is 4.79 Å². The highest BCUT2D eigenvalue weighted by Crippen LogP contribution is 2.17. The number of hydrazone groups is 1. The third-order valence-corrected chi connectivity index (χ3v) is 4.23. The molecule has 0 fully saturated rings. The van der Waals surface area contributed by atoms with Crippen LogP contribution in [0.3, 0.4) is 0 Å². The Morgan fingerprint density at radius 1 is 0.833 bits per heavy atom. The van der Waals surface area contributed by atoms with Crippen LogP contribution >= 0.6 is 0 Å². The molecule has 0 bridgehead atoms. The van der Waals surface area contributed by atoms with Crippen molar-refractivity contribution in [3.05, 3.63) is 102 Å². The van der Waals surface area contributed by atoms with Gasteiger partial charge in [0.25, 0.3) is 11.8 Å². The van der Waals surface area contributed by atoms with Gasteiger partial charge >= 0.3 is 0 Å². The first-order valence-corrected chi connectivity index (χ1v) is 9.66. The van der Waals surface area contributed by atoms with Crippen molar-refractivity contribution < 1.29 is 14.3 Å². The SMILES string of the molecule is CCOc1ccccc1C(=O)NCC(=O)NN=C(c1ccccc1)c1ccccc1. The summed E-state index contributed by atoms with van der Waals surface area (Å²) in [6.45, 7) is 2.08. The first-order valence-electron chi connectivity index (χ1n) is 9.66. The number of ether oxygens (including phenoxy) is 1. The normalized spacial score (nSPS) is 10.0. The summed E-state index contributed by atoms with van der Waals surface area (Å²) in [5.74, 6) is -0.336. The molecule has 6 nitrogen and oxygen atoms in total. The highest BCUT2D eigenvalue weighted by molar-refractivity contribution is 6.13. The smallest absolute Gasteiger partial charge is 0.259 e.